The maximum absolute atomic E-state index is 12.3. The Kier molecular flexibility index (Phi) is 6.24. The molecule has 1 amide bonds. The summed E-state index contributed by atoms with van der Waals surface area (Å²) in [6, 6.07) is 17.2. The monoisotopic (exact) mass is 395 g/mol. The summed E-state index contributed by atoms with van der Waals surface area (Å²) in [4.78, 5) is 28.5. The Bertz CT molecular complexity index is 990. The lowest BCUT2D eigenvalue weighted by atomic mass is 10.1. The molecule has 0 aliphatic heterocycles. The fourth-order valence-electron chi connectivity index (χ4n) is 2.50. The molecule has 0 atom stereocenters. The third kappa shape index (κ3) is 4.86. The van der Waals surface area contributed by atoms with Crippen LogP contribution >= 0.6 is 11.6 Å². The molecule has 142 valence electrons. The number of nitrogens with one attached hydrogen (secondary N) is 2. The first-order valence-corrected chi connectivity index (χ1v) is 9.00. The Hall–Kier alpha value is -3.38. The van der Waals surface area contributed by atoms with E-state index < -0.39 is 5.97 Å². The van der Waals surface area contributed by atoms with Gasteiger partial charge in [-0.25, -0.2) is 9.78 Å². The highest BCUT2D eigenvalue weighted by atomic mass is 35.5. The molecule has 0 aliphatic rings. The van der Waals surface area contributed by atoms with Crippen LogP contribution in [0.2, 0.25) is 5.02 Å². The molecule has 7 heteroatoms. The number of esters is 1. The first-order valence-electron chi connectivity index (χ1n) is 8.63. The number of hydrogen-bond acceptors (Lipinski definition) is 5. The second-order valence-corrected chi connectivity index (χ2v) is 6.22. The van der Waals surface area contributed by atoms with Gasteiger partial charge in [0.1, 0.15) is 5.69 Å². The molecule has 3 rings (SSSR count). The summed E-state index contributed by atoms with van der Waals surface area (Å²) < 4.78 is 5.06. The first kappa shape index (κ1) is 19.4. The van der Waals surface area contributed by atoms with Gasteiger partial charge in [0, 0.05) is 10.7 Å². The highest BCUT2D eigenvalue weighted by Gasteiger charge is 2.13. The number of amides is 1. The van der Waals surface area contributed by atoms with Crippen LogP contribution in [0.15, 0.2) is 66.9 Å². The van der Waals surface area contributed by atoms with Crippen molar-refractivity contribution in [3.63, 3.8) is 0 Å². The summed E-state index contributed by atoms with van der Waals surface area (Å²) in [5, 5.41) is 6.39. The predicted molar refractivity (Wildman–Crippen MR) is 109 cm³/mol. The molecule has 1 aromatic heterocycles. The van der Waals surface area contributed by atoms with Crippen LogP contribution in [0.25, 0.3) is 0 Å². The van der Waals surface area contributed by atoms with E-state index in [-0.39, 0.29) is 11.6 Å². The minimum Gasteiger partial charge on any atom is -0.462 e. The Morgan fingerprint density at radius 3 is 2.57 bits per heavy atom. The zero-order valence-corrected chi connectivity index (χ0v) is 15.9. The van der Waals surface area contributed by atoms with Crippen molar-refractivity contribution in [1.29, 1.82) is 0 Å². The van der Waals surface area contributed by atoms with E-state index in [1.54, 1.807) is 61.5 Å². The van der Waals surface area contributed by atoms with E-state index in [0.29, 0.717) is 34.3 Å². The molecule has 3 aromatic rings. The topological polar surface area (TPSA) is 80.3 Å². The van der Waals surface area contributed by atoms with Crippen LogP contribution in [0, 0.1) is 0 Å². The van der Waals surface area contributed by atoms with E-state index in [2.05, 4.69) is 15.6 Å². The van der Waals surface area contributed by atoms with Gasteiger partial charge in [-0.05, 0) is 49.4 Å². The van der Waals surface area contributed by atoms with Crippen molar-refractivity contribution >= 4 is 40.5 Å². The lowest BCUT2D eigenvalue weighted by Crippen LogP contribution is -2.13. The average molecular weight is 396 g/mol. The van der Waals surface area contributed by atoms with Gasteiger partial charge in [0.2, 0.25) is 0 Å². The van der Waals surface area contributed by atoms with Crippen molar-refractivity contribution < 1.29 is 14.3 Å². The van der Waals surface area contributed by atoms with Gasteiger partial charge in [0.15, 0.2) is 0 Å². The third-order valence-electron chi connectivity index (χ3n) is 3.78. The summed E-state index contributed by atoms with van der Waals surface area (Å²) in [5.41, 5.74) is 2.50. The molecule has 28 heavy (non-hydrogen) atoms. The molecule has 0 radical (unpaired) electrons. The number of halogens is 1. The molecule has 0 saturated heterocycles. The molecule has 1 heterocycles. The number of nitrogens with zero attached hydrogens (tertiary/aromatic N) is 1. The van der Waals surface area contributed by atoms with Crippen molar-refractivity contribution in [3.05, 3.63) is 83.1 Å². The van der Waals surface area contributed by atoms with Gasteiger partial charge in [-0.15, -0.1) is 0 Å². The second-order valence-electron chi connectivity index (χ2n) is 5.79. The molecule has 2 aromatic carbocycles. The molecule has 0 spiro atoms. The molecule has 2 N–H and O–H groups in total. The van der Waals surface area contributed by atoms with Crippen molar-refractivity contribution in [2.75, 3.05) is 17.2 Å². The van der Waals surface area contributed by atoms with Crippen LogP contribution in [0.5, 0.6) is 0 Å². The predicted octanol–water partition coefficient (Wildman–Crippen LogP) is 4.91. The van der Waals surface area contributed by atoms with E-state index in [1.807, 2.05) is 6.07 Å². The number of carbonyl (C=O) groups is 2. The van der Waals surface area contributed by atoms with Crippen molar-refractivity contribution in [2.24, 2.45) is 0 Å². The Morgan fingerprint density at radius 1 is 1.04 bits per heavy atom. The third-order valence-corrected chi connectivity index (χ3v) is 4.02. The summed E-state index contributed by atoms with van der Waals surface area (Å²) in [7, 11) is 0. The minimum atomic E-state index is -0.406. The summed E-state index contributed by atoms with van der Waals surface area (Å²) >= 11 is 5.92. The summed E-state index contributed by atoms with van der Waals surface area (Å²) in [6.45, 7) is 2.05. The summed E-state index contributed by atoms with van der Waals surface area (Å²) in [6.07, 6.45) is 1.52. The van der Waals surface area contributed by atoms with Crippen LogP contribution in [-0.2, 0) is 4.74 Å². The van der Waals surface area contributed by atoms with Gasteiger partial charge in [-0.3, -0.25) is 4.79 Å². The van der Waals surface area contributed by atoms with Gasteiger partial charge < -0.3 is 15.4 Å². The van der Waals surface area contributed by atoms with Crippen LogP contribution in [0.4, 0.5) is 17.1 Å². The number of rotatable bonds is 6. The Balaban J connectivity index is 1.71. The van der Waals surface area contributed by atoms with E-state index in [1.165, 1.54) is 6.20 Å². The lowest BCUT2D eigenvalue weighted by molar-refractivity contribution is 0.0527. The van der Waals surface area contributed by atoms with Gasteiger partial charge in [-0.2, -0.15) is 0 Å². The van der Waals surface area contributed by atoms with Crippen LogP contribution in [0.3, 0.4) is 0 Å². The molecule has 0 saturated carbocycles. The zero-order chi connectivity index (χ0) is 19.9. The van der Waals surface area contributed by atoms with Crippen LogP contribution in [0.1, 0.15) is 27.8 Å². The summed E-state index contributed by atoms with van der Waals surface area (Å²) in [5.74, 6) is -0.753. The normalized spacial score (nSPS) is 10.2. The number of aromatic nitrogens is 1. The maximum Gasteiger partial charge on any atom is 0.340 e. The maximum atomic E-state index is 12.3. The molecule has 0 unspecified atom stereocenters. The average Bonchev–Trinajstić information content (AvgIpc) is 2.69. The molecular formula is C21H18ClN3O3. The van der Waals surface area contributed by atoms with Crippen molar-refractivity contribution in [1.82, 2.24) is 4.98 Å². The first-order chi connectivity index (χ1) is 13.6. The number of ether oxygens (including phenoxy) is 1. The molecule has 6 nitrogen and oxygen atoms in total. The van der Waals surface area contributed by atoms with Crippen LogP contribution < -0.4 is 10.6 Å². The van der Waals surface area contributed by atoms with Crippen molar-refractivity contribution in [3.8, 4) is 0 Å². The number of hydrogen-bond donors (Lipinski definition) is 2. The van der Waals surface area contributed by atoms with Crippen LogP contribution in [-0.4, -0.2) is 23.5 Å². The molecule has 0 fully saturated rings. The van der Waals surface area contributed by atoms with Crippen molar-refractivity contribution in [2.45, 2.75) is 6.92 Å². The SMILES string of the molecule is CCOC(=O)c1ccccc1Nc1ccc(C(=O)Nc2cccc(Cl)c2)nc1. The molecular weight excluding hydrogens is 378 g/mol. The van der Waals surface area contributed by atoms with Gasteiger partial charge in [0.25, 0.3) is 5.91 Å². The number of anilines is 3. The Labute approximate surface area is 167 Å². The van der Waals surface area contributed by atoms with E-state index >= 15 is 0 Å². The quantitative estimate of drug-likeness (QED) is 0.580. The second kappa shape index (κ2) is 9.01. The highest BCUT2D eigenvalue weighted by Crippen LogP contribution is 2.22. The van der Waals surface area contributed by atoms with E-state index in [0.717, 1.165) is 0 Å². The zero-order valence-electron chi connectivity index (χ0n) is 15.1. The van der Waals surface area contributed by atoms with E-state index in [9.17, 15) is 9.59 Å². The van der Waals surface area contributed by atoms with Gasteiger partial charge in [0.05, 0.1) is 29.7 Å². The number of carbonyl (C=O) groups excluding carboxylic acids is 2. The molecule has 0 aliphatic carbocycles. The fraction of sp³-hybridized carbons (Fsp3) is 0.0952. The van der Waals surface area contributed by atoms with E-state index in [4.69, 9.17) is 16.3 Å². The number of para-hydroxylation sites is 1. The molecule has 0 bridgehead atoms. The number of pyridine rings is 1. The van der Waals surface area contributed by atoms with Gasteiger partial charge in [-0.1, -0.05) is 29.8 Å². The smallest absolute Gasteiger partial charge is 0.340 e. The lowest BCUT2D eigenvalue weighted by Gasteiger charge is -2.11. The van der Waals surface area contributed by atoms with Gasteiger partial charge >= 0.3 is 5.97 Å². The standard InChI is InChI=1S/C21H18ClN3O3/c1-2-28-21(27)17-8-3-4-9-18(17)24-16-10-11-19(23-13-16)20(26)25-15-7-5-6-14(22)12-15/h3-13,24H,2H2,1H3,(H,25,26). The number of benzene rings is 2. The minimum absolute atomic E-state index is 0.254. The fourth-order valence-corrected chi connectivity index (χ4v) is 2.69. The Morgan fingerprint density at radius 2 is 1.86 bits per heavy atom. The highest BCUT2D eigenvalue weighted by molar-refractivity contribution is 6.30. The largest absolute Gasteiger partial charge is 0.462 e.